The van der Waals surface area contributed by atoms with Crippen molar-refractivity contribution in [1.29, 1.82) is 0 Å². The summed E-state index contributed by atoms with van der Waals surface area (Å²) >= 11 is 0. The molecule has 0 aromatic heterocycles. The molecule has 0 bridgehead atoms. The maximum Gasteiger partial charge on any atom is 0.251 e. The number of methoxy groups -OCH3 is 1. The Hall–Kier alpha value is -2.72. The topological polar surface area (TPSA) is 94.5 Å². The third kappa shape index (κ3) is 5.11. The maximum atomic E-state index is 13.4. The highest BCUT2D eigenvalue weighted by atomic mass is 19.1. The largest absolute Gasteiger partial charge is 0.495 e. The number of aliphatic hydroxyl groups is 2. The Balaban J connectivity index is 1.41. The molecule has 2 aromatic carbocycles. The van der Waals surface area contributed by atoms with Crippen LogP contribution in [-0.2, 0) is 4.74 Å². The maximum absolute atomic E-state index is 13.4. The van der Waals surface area contributed by atoms with Gasteiger partial charge in [0.2, 0.25) is 0 Å². The number of hydrogen-bond donors (Lipinski definition) is 3. The van der Waals surface area contributed by atoms with E-state index in [1.807, 2.05) is 24.3 Å². The van der Waals surface area contributed by atoms with Crippen LogP contribution in [-0.4, -0.2) is 91.8 Å². The summed E-state index contributed by atoms with van der Waals surface area (Å²) in [7, 11) is 1.65. The number of piperazine rings is 1. The first-order chi connectivity index (χ1) is 16.0. The monoisotopic (exact) mass is 459 g/mol. The number of nitrogens with zero attached hydrogens (tertiary/aromatic N) is 2. The molecule has 0 unspecified atom stereocenters. The van der Waals surface area contributed by atoms with Crippen molar-refractivity contribution < 1.29 is 28.9 Å². The van der Waals surface area contributed by atoms with E-state index in [1.54, 1.807) is 7.11 Å². The summed E-state index contributed by atoms with van der Waals surface area (Å²) in [5.41, 5.74) is 1.24. The minimum absolute atomic E-state index is 0.139. The lowest BCUT2D eigenvalue weighted by Crippen LogP contribution is -2.57. The zero-order valence-electron chi connectivity index (χ0n) is 18.6. The Morgan fingerprint density at radius 1 is 1.15 bits per heavy atom. The molecule has 1 amide bonds. The van der Waals surface area contributed by atoms with Crippen LogP contribution >= 0.6 is 0 Å². The number of hydrogen-bond acceptors (Lipinski definition) is 7. The molecule has 0 radical (unpaired) electrons. The second-order valence-electron chi connectivity index (χ2n) is 8.29. The van der Waals surface area contributed by atoms with Gasteiger partial charge in [-0.3, -0.25) is 9.69 Å². The predicted molar refractivity (Wildman–Crippen MR) is 121 cm³/mol. The molecule has 2 aliphatic rings. The van der Waals surface area contributed by atoms with Gasteiger partial charge >= 0.3 is 0 Å². The van der Waals surface area contributed by atoms with Gasteiger partial charge in [-0.2, -0.15) is 0 Å². The average molecular weight is 460 g/mol. The zero-order chi connectivity index (χ0) is 23.4. The van der Waals surface area contributed by atoms with Crippen LogP contribution in [0.1, 0.15) is 10.4 Å². The summed E-state index contributed by atoms with van der Waals surface area (Å²) in [6.45, 7) is 2.64. The highest BCUT2D eigenvalue weighted by molar-refractivity contribution is 5.94. The molecule has 0 aliphatic carbocycles. The van der Waals surface area contributed by atoms with Crippen molar-refractivity contribution in [2.75, 3.05) is 51.3 Å². The molecule has 33 heavy (non-hydrogen) atoms. The van der Waals surface area contributed by atoms with Crippen LogP contribution in [0.2, 0.25) is 0 Å². The van der Waals surface area contributed by atoms with Crippen LogP contribution in [0, 0.1) is 5.82 Å². The van der Waals surface area contributed by atoms with Gasteiger partial charge < -0.3 is 29.9 Å². The van der Waals surface area contributed by atoms with Crippen molar-refractivity contribution in [3.8, 4) is 5.75 Å². The molecule has 0 spiro atoms. The molecule has 2 aromatic rings. The molecule has 0 saturated carbocycles. The smallest absolute Gasteiger partial charge is 0.251 e. The molecular weight excluding hydrogens is 429 g/mol. The summed E-state index contributed by atoms with van der Waals surface area (Å²) in [6, 6.07) is 12.9. The number of para-hydroxylation sites is 2. The van der Waals surface area contributed by atoms with E-state index in [-0.39, 0.29) is 24.8 Å². The van der Waals surface area contributed by atoms with E-state index in [1.165, 1.54) is 24.3 Å². The highest BCUT2D eigenvalue weighted by Crippen LogP contribution is 2.31. The number of ether oxygens (including phenoxy) is 2. The van der Waals surface area contributed by atoms with Gasteiger partial charge in [0, 0.05) is 38.3 Å². The first-order valence-corrected chi connectivity index (χ1v) is 11.1. The first kappa shape index (κ1) is 23.4. The van der Waals surface area contributed by atoms with Crippen LogP contribution < -0.4 is 15.0 Å². The van der Waals surface area contributed by atoms with Gasteiger partial charge in [0.05, 0.1) is 31.5 Å². The number of rotatable bonds is 7. The SMILES string of the molecule is COc1ccccc1N1CCN([C@@H]2[C@H](O)[C@H](CO)O[C@@H]2CNC(=O)c2cccc(F)c2)CC1. The third-order valence-electron chi connectivity index (χ3n) is 6.35. The van der Waals surface area contributed by atoms with Gasteiger partial charge in [-0.05, 0) is 30.3 Å². The van der Waals surface area contributed by atoms with Gasteiger partial charge in [0.25, 0.3) is 5.91 Å². The fourth-order valence-corrected chi connectivity index (χ4v) is 4.67. The molecule has 8 nitrogen and oxygen atoms in total. The number of carbonyl (C=O) groups is 1. The van der Waals surface area contributed by atoms with Crippen LogP contribution in [0.5, 0.6) is 5.75 Å². The summed E-state index contributed by atoms with van der Waals surface area (Å²) in [5.74, 6) is -0.0884. The van der Waals surface area contributed by atoms with Crippen molar-refractivity contribution in [2.24, 2.45) is 0 Å². The number of nitrogens with one attached hydrogen (secondary N) is 1. The van der Waals surface area contributed by atoms with Crippen LogP contribution in [0.3, 0.4) is 0 Å². The fourth-order valence-electron chi connectivity index (χ4n) is 4.67. The van der Waals surface area contributed by atoms with Gasteiger partial charge in [-0.15, -0.1) is 0 Å². The lowest BCUT2D eigenvalue weighted by atomic mass is 10.0. The number of anilines is 1. The molecule has 2 heterocycles. The van der Waals surface area contributed by atoms with Crippen molar-refractivity contribution in [3.05, 3.63) is 59.9 Å². The van der Waals surface area contributed by atoms with E-state index in [0.29, 0.717) is 13.1 Å². The number of halogens is 1. The zero-order valence-corrected chi connectivity index (χ0v) is 18.6. The highest BCUT2D eigenvalue weighted by Gasteiger charge is 2.46. The van der Waals surface area contributed by atoms with Gasteiger partial charge in [0.15, 0.2) is 0 Å². The number of benzene rings is 2. The minimum Gasteiger partial charge on any atom is -0.495 e. The second kappa shape index (κ2) is 10.5. The summed E-state index contributed by atoms with van der Waals surface area (Å²) < 4.78 is 24.8. The summed E-state index contributed by atoms with van der Waals surface area (Å²) in [6.07, 6.45) is -2.12. The molecule has 2 saturated heterocycles. The molecule has 4 rings (SSSR count). The Kier molecular flexibility index (Phi) is 7.44. The van der Waals surface area contributed by atoms with E-state index in [4.69, 9.17) is 9.47 Å². The molecule has 2 fully saturated rings. The van der Waals surface area contributed by atoms with Crippen molar-refractivity contribution >= 4 is 11.6 Å². The fraction of sp³-hybridized carbons (Fsp3) is 0.458. The second-order valence-corrected chi connectivity index (χ2v) is 8.29. The van der Waals surface area contributed by atoms with E-state index in [0.717, 1.165) is 24.5 Å². The van der Waals surface area contributed by atoms with E-state index < -0.39 is 30.0 Å². The number of amides is 1. The molecule has 178 valence electrons. The van der Waals surface area contributed by atoms with Crippen molar-refractivity contribution in [3.63, 3.8) is 0 Å². The van der Waals surface area contributed by atoms with Crippen LogP contribution in [0.4, 0.5) is 10.1 Å². The predicted octanol–water partition coefficient (Wildman–Crippen LogP) is 0.876. The van der Waals surface area contributed by atoms with E-state index >= 15 is 0 Å². The number of aliphatic hydroxyl groups excluding tert-OH is 2. The van der Waals surface area contributed by atoms with E-state index in [2.05, 4.69) is 15.1 Å². The minimum atomic E-state index is -0.885. The Morgan fingerprint density at radius 3 is 2.61 bits per heavy atom. The lowest BCUT2D eigenvalue weighted by molar-refractivity contribution is -0.0209. The van der Waals surface area contributed by atoms with Gasteiger partial charge in [-0.1, -0.05) is 18.2 Å². The van der Waals surface area contributed by atoms with Crippen LogP contribution in [0.25, 0.3) is 0 Å². The van der Waals surface area contributed by atoms with Gasteiger partial charge in [0.1, 0.15) is 23.8 Å². The molecule has 3 N–H and O–H groups in total. The molecule has 2 aliphatic heterocycles. The van der Waals surface area contributed by atoms with Crippen LogP contribution in [0.15, 0.2) is 48.5 Å². The normalized spacial score (nSPS) is 25.8. The van der Waals surface area contributed by atoms with Crippen molar-refractivity contribution in [1.82, 2.24) is 10.2 Å². The van der Waals surface area contributed by atoms with Crippen molar-refractivity contribution in [2.45, 2.75) is 24.4 Å². The lowest BCUT2D eigenvalue weighted by Gasteiger charge is -2.41. The Bertz CT molecular complexity index is 953. The number of carbonyl (C=O) groups excluding carboxylic acids is 1. The summed E-state index contributed by atoms with van der Waals surface area (Å²) in [5, 5.41) is 23.3. The molecule has 9 heteroatoms. The molecular formula is C24H30FN3O5. The van der Waals surface area contributed by atoms with Gasteiger partial charge in [-0.25, -0.2) is 4.39 Å². The Labute approximate surface area is 192 Å². The van der Waals surface area contributed by atoms with E-state index in [9.17, 15) is 19.4 Å². The third-order valence-corrected chi connectivity index (χ3v) is 6.35. The quantitative estimate of drug-likeness (QED) is 0.566. The first-order valence-electron chi connectivity index (χ1n) is 11.1. The summed E-state index contributed by atoms with van der Waals surface area (Å²) in [4.78, 5) is 16.8. The Morgan fingerprint density at radius 2 is 1.91 bits per heavy atom. The molecule has 4 atom stereocenters. The standard InChI is InChI=1S/C24H30FN3O5/c1-32-19-8-3-2-7-18(19)27-9-11-28(12-10-27)22-20(33-21(15-29)23(22)30)14-26-24(31)16-5-4-6-17(25)13-16/h2-8,13,20-23,29-30H,9-12,14-15H2,1H3,(H,26,31)/t20-,21+,22+,23-/m1/s1. The average Bonchev–Trinajstić information content (AvgIpc) is 3.17.